The van der Waals surface area contributed by atoms with E-state index in [9.17, 15) is 22.8 Å². The highest BCUT2D eigenvalue weighted by Gasteiger charge is 2.59. The third kappa shape index (κ3) is 9.25. The van der Waals surface area contributed by atoms with Crippen molar-refractivity contribution >= 4 is 17.8 Å². The van der Waals surface area contributed by atoms with Gasteiger partial charge in [0.05, 0.1) is 5.92 Å². The summed E-state index contributed by atoms with van der Waals surface area (Å²) in [7, 11) is 3.03. The molecule has 0 spiro atoms. The molecule has 0 bridgehead atoms. The minimum atomic E-state index is -5.08. The zero-order valence-electron chi connectivity index (χ0n) is 27.8. The molecular formula is C31H43F3N2O13. The van der Waals surface area contributed by atoms with Crippen molar-refractivity contribution in [2.24, 2.45) is 17.6 Å². The van der Waals surface area contributed by atoms with Gasteiger partial charge in [0.15, 0.2) is 24.2 Å². The number of hydrogen-bond acceptors (Lipinski definition) is 13. The molecule has 4 heterocycles. The smallest absolute Gasteiger partial charge is 0.475 e. The Morgan fingerprint density at radius 3 is 1.78 bits per heavy atom. The molecule has 4 N–H and O–H groups in total. The first-order chi connectivity index (χ1) is 22.9. The Kier molecular flexibility index (Phi) is 12.3. The maximum absolute atomic E-state index is 13.5. The van der Waals surface area contributed by atoms with Crippen LogP contribution in [0.1, 0.15) is 33.3 Å². The third-order valence-corrected chi connectivity index (χ3v) is 8.25. The van der Waals surface area contributed by atoms with Crippen molar-refractivity contribution in [3.8, 4) is 0 Å². The Balaban J connectivity index is 0.000000698. The van der Waals surface area contributed by atoms with Gasteiger partial charge in [-0.2, -0.15) is 13.2 Å². The van der Waals surface area contributed by atoms with Gasteiger partial charge >= 0.3 is 18.1 Å². The summed E-state index contributed by atoms with van der Waals surface area (Å²) < 4.78 is 84.7. The Hall–Kier alpha value is -2.94. The Labute approximate surface area is 280 Å². The summed E-state index contributed by atoms with van der Waals surface area (Å²) in [4.78, 5) is 36.0. The molecule has 15 nitrogen and oxygen atoms in total. The second-order valence-corrected chi connectivity index (χ2v) is 12.6. The molecule has 18 heteroatoms. The lowest BCUT2D eigenvalue weighted by Crippen LogP contribution is -2.51. The van der Waals surface area contributed by atoms with E-state index in [0.717, 1.165) is 5.56 Å². The number of fused-ring (bicyclic) bond motifs is 2. The van der Waals surface area contributed by atoms with Crippen LogP contribution in [0.3, 0.4) is 0 Å². The number of benzene rings is 1. The molecule has 1 aromatic rings. The van der Waals surface area contributed by atoms with E-state index in [4.69, 9.17) is 58.3 Å². The summed E-state index contributed by atoms with van der Waals surface area (Å²) in [5.41, 5.74) is 6.88. The zero-order chi connectivity index (χ0) is 36.3. The monoisotopic (exact) mass is 708 g/mol. The summed E-state index contributed by atoms with van der Waals surface area (Å²) in [5.74, 6) is -7.23. The van der Waals surface area contributed by atoms with Crippen LogP contribution in [-0.4, -0.2) is 117 Å². The number of methoxy groups -OCH3 is 2. The number of hydrogen-bond donors (Lipinski definition) is 3. The van der Waals surface area contributed by atoms with E-state index in [1.165, 1.54) is 14.2 Å². The molecule has 4 saturated heterocycles. The van der Waals surface area contributed by atoms with Gasteiger partial charge in [-0.05, 0) is 33.3 Å². The SMILES string of the molecule is CO[C@@H]1[C@H]2OC(C)(C)O[C@H]2O[C@@H]1[C@H](CN)C(=O)NC[C@@H](C(=O)OCc1ccccc1)[C@H]1O[C@@H]2OC(C)(C)O[C@@H]2[C@H]1OC.O=C(O)C(F)(F)F. The highest BCUT2D eigenvalue weighted by atomic mass is 19.4. The average molecular weight is 709 g/mol. The molecular weight excluding hydrogens is 665 g/mol. The summed E-state index contributed by atoms with van der Waals surface area (Å²) in [6.07, 6.45) is -10.4. The number of aliphatic carboxylic acids is 1. The Morgan fingerprint density at radius 1 is 0.878 bits per heavy atom. The number of carbonyl (C=O) groups is 3. The van der Waals surface area contributed by atoms with Crippen molar-refractivity contribution in [3.05, 3.63) is 35.9 Å². The number of carboxylic acids is 1. The molecule has 276 valence electrons. The summed E-state index contributed by atoms with van der Waals surface area (Å²) in [6, 6.07) is 9.30. The lowest BCUT2D eigenvalue weighted by molar-refractivity contribution is -0.224. The van der Waals surface area contributed by atoms with Crippen molar-refractivity contribution in [1.29, 1.82) is 0 Å². The van der Waals surface area contributed by atoms with Crippen molar-refractivity contribution in [3.63, 3.8) is 0 Å². The number of ether oxygens (including phenoxy) is 9. The van der Waals surface area contributed by atoms with Crippen LogP contribution < -0.4 is 11.1 Å². The van der Waals surface area contributed by atoms with E-state index < -0.39 is 96.6 Å². The molecule has 0 aliphatic carbocycles. The van der Waals surface area contributed by atoms with Crippen LogP contribution in [0, 0.1) is 11.8 Å². The van der Waals surface area contributed by atoms with Crippen LogP contribution in [0.5, 0.6) is 0 Å². The van der Waals surface area contributed by atoms with Crippen molar-refractivity contribution < 1.29 is 75.3 Å². The summed E-state index contributed by atoms with van der Waals surface area (Å²) in [5, 5.41) is 9.99. The fraction of sp³-hybridized carbons (Fsp3) is 0.710. The molecule has 4 fully saturated rings. The van der Waals surface area contributed by atoms with Gasteiger partial charge in [-0.25, -0.2) is 4.79 Å². The molecule has 0 unspecified atom stereocenters. The predicted molar refractivity (Wildman–Crippen MR) is 158 cm³/mol. The molecule has 0 radical (unpaired) electrons. The van der Waals surface area contributed by atoms with Gasteiger partial charge < -0.3 is 58.8 Å². The maximum atomic E-state index is 13.5. The molecule has 4 aliphatic heterocycles. The fourth-order valence-electron chi connectivity index (χ4n) is 6.09. The molecule has 1 aromatic carbocycles. The van der Waals surface area contributed by atoms with Gasteiger partial charge in [-0.15, -0.1) is 0 Å². The van der Waals surface area contributed by atoms with E-state index in [-0.39, 0.29) is 19.7 Å². The molecule has 10 atom stereocenters. The number of amides is 1. The average Bonchev–Trinajstić information content (AvgIpc) is 3.70. The molecule has 0 saturated carbocycles. The first kappa shape index (κ1) is 38.9. The number of nitrogens with two attached hydrogens (primary N) is 1. The molecule has 5 rings (SSSR count). The highest BCUT2D eigenvalue weighted by molar-refractivity contribution is 5.81. The van der Waals surface area contributed by atoms with Crippen LogP contribution >= 0.6 is 0 Å². The minimum Gasteiger partial charge on any atom is -0.475 e. The number of esters is 1. The van der Waals surface area contributed by atoms with Gasteiger partial charge in [0, 0.05) is 27.3 Å². The number of nitrogens with one attached hydrogen (secondary N) is 1. The van der Waals surface area contributed by atoms with Gasteiger partial charge in [-0.1, -0.05) is 30.3 Å². The van der Waals surface area contributed by atoms with E-state index in [0.29, 0.717) is 0 Å². The van der Waals surface area contributed by atoms with Gasteiger partial charge in [0.2, 0.25) is 5.91 Å². The largest absolute Gasteiger partial charge is 0.490 e. The normalized spacial score (nSPS) is 32.3. The van der Waals surface area contributed by atoms with E-state index in [1.807, 2.05) is 30.3 Å². The van der Waals surface area contributed by atoms with Crippen LogP contribution in [0.15, 0.2) is 30.3 Å². The topological polar surface area (TPSA) is 193 Å². The van der Waals surface area contributed by atoms with E-state index >= 15 is 0 Å². The zero-order valence-corrected chi connectivity index (χ0v) is 27.8. The lowest BCUT2D eigenvalue weighted by Gasteiger charge is -2.31. The van der Waals surface area contributed by atoms with Crippen LogP contribution in [0.4, 0.5) is 13.2 Å². The number of halogens is 3. The second kappa shape index (κ2) is 15.5. The Morgan fingerprint density at radius 2 is 1.35 bits per heavy atom. The van der Waals surface area contributed by atoms with Crippen LogP contribution in [0.25, 0.3) is 0 Å². The first-order valence-corrected chi connectivity index (χ1v) is 15.5. The summed E-state index contributed by atoms with van der Waals surface area (Å²) >= 11 is 0. The maximum Gasteiger partial charge on any atom is 0.490 e. The molecule has 49 heavy (non-hydrogen) atoms. The molecule has 0 aromatic heterocycles. The molecule has 4 aliphatic rings. The molecule has 1 amide bonds. The van der Waals surface area contributed by atoms with Gasteiger partial charge in [-0.3, -0.25) is 9.59 Å². The number of alkyl halides is 3. The predicted octanol–water partition coefficient (Wildman–Crippen LogP) is 1.45. The first-order valence-electron chi connectivity index (χ1n) is 15.5. The van der Waals surface area contributed by atoms with Crippen molar-refractivity contribution in [2.75, 3.05) is 27.3 Å². The standard InChI is InChI=1S/C29H42N2O11.C2HF3O2/c1-28(2)39-22-20(34-5)18(37-26(22)41-28)16(12-30)24(32)31-13-17(25(33)36-14-15-10-8-7-9-11-15)19-21(35-6)23-27(38-19)42-29(3,4)40-23;3-2(4,5)1(6)7/h7-11,16-23,26-27H,12-14,30H2,1-6H3,(H,31,32);(H,6,7)/t16-,17+,18+,19+,20-,21-,22+,23+,26+,27+;/m0./s1. The minimum absolute atomic E-state index is 0.0378. The Bertz CT molecular complexity index is 1300. The van der Waals surface area contributed by atoms with E-state index in [1.54, 1.807) is 27.7 Å². The van der Waals surface area contributed by atoms with Crippen LogP contribution in [-0.2, 0) is 63.6 Å². The van der Waals surface area contributed by atoms with Gasteiger partial charge in [0.25, 0.3) is 0 Å². The van der Waals surface area contributed by atoms with Gasteiger partial charge in [0.1, 0.15) is 49.1 Å². The third-order valence-electron chi connectivity index (χ3n) is 8.25. The second-order valence-electron chi connectivity index (χ2n) is 12.6. The van der Waals surface area contributed by atoms with Crippen molar-refractivity contribution in [2.45, 2.75) is 101 Å². The highest BCUT2D eigenvalue weighted by Crippen LogP contribution is 2.42. The number of rotatable bonds is 11. The van der Waals surface area contributed by atoms with Crippen LogP contribution in [0.2, 0.25) is 0 Å². The van der Waals surface area contributed by atoms with Crippen molar-refractivity contribution in [1.82, 2.24) is 5.32 Å². The summed E-state index contributed by atoms with van der Waals surface area (Å²) in [6.45, 7) is 7.01. The quantitative estimate of drug-likeness (QED) is 0.280. The fourth-order valence-corrected chi connectivity index (χ4v) is 6.09. The number of carbonyl (C=O) groups excluding carboxylic acids is 2. The lowest BCUT2D eigenvalue weighted by atomic mass is 9.93. The van der Waals surface area contributed by atoms with E-state index in [2.05, 4.69) is 5.32 Å². The number of carboxylic acid groups (broad SMARTS) is 1.